The van der Waals surface area contributed by atoms with Crippen LogP contribution in [0, 0.1) is 0 Å². The second kappa shape index (κ2) is 6.26. The number of aliphatic hydroxyl groups is 1. The van der Waals surface area contributed by atoms with Gasteiger partial charge in [0.1, 0.15) is 0 Å². The molecule has 4 nitrogen and oxygen atoms in total. The van der Waals surface area contributed by atoms with Gasteiger partial charge in [0.25, 0.3) is 0 Å². The molecule has 1 aromatic carbocycles. The van der Waals surface area contributed by atoms with Gasteiger partial charge in [0, 0.05) is 5.69 Å². The van der Waals surface area contributed by atoms with Gasteiger partial charge in [-0.15, -0.1) is 0 Å². The molecule has 0 atom stereocenters. The molecule has 0 radical (unpaired) electrons. The third kappa shape index (κ3) is 3.27. The fourth-order valence-electron chi connectivity index (χ4n) is 1.63. The van der Waals surface area contributed by atoms with Crippen molar-refractivity contribution in [1.82, 2.24) is 10.2 Å². The average molecular weight is 273 g/mol. The predicted molar refractivity (Wildman–Crippen MR) is 80.3 cm³/mol. The van der Waals surface area contributed by atoms with Gasteiger partial charge in [0.15, 0.2) is 0 Å². The number of aliphatic hydroxyl groups excluding tert-OH is 1. The topological polar surface area (TPSA) is 74.9 Å². The van der Waals surface area contributed by atoms with Gasteiger partial charge < -0.3 is 10.8 Å². The molecular formula is C14H15N3OS. The van der Waals surface area contributed by atoms with Crippen molar-refractivity contribution < 1.29 is 5.11 Å². The molecule has 0 aliphatic heterocycles. The molecule has 0 spiro atoms. The van der Waals surface area contributed by atoms with Gasteiger partial charge in [-0.05, 0) is 34.7 Å². The van der Waals surface area contributed by atoms with Gasteiger partial charge in [0.2, 0.25) is 0 Å². The number of benzene rings is 1. The third-order valence-electron chi connectivity index (χ3n) is 2.61. The van der Waals surface area contributed by atoms with Crippen molar-refractivity contribution in [1.29, 1.82) is 0 Å². The number of aromatic amines is 1. The zero-order valence-corrected chi connectivity index (χ0v) is 11.2. The number of nitrogens with one attached hydrogen (secondary N) is 1. The zero-order chi connectivity index (χ0) is 13.7. The molecule has 0 unspecified atom stereocenters. The SMILES string of the molecule is C=CSc1cn[nH]c1/C=C/c1cc(CO)ccc1N. The lowest BCUT2D eigenvalue weighted by molar-refractivity contribution is 0.282. The molecule has 0 fully saturated rings. The number of nitrogen functional groups attached to an aromatic ring is 1. The summed E-state index contributed by atoms with van der Waals surface area (Å²) in [6, 6.07) is 5.46. The van der Waals surface area contributed by atoms with Gasteiger partial charge in [-0.3, -0.25) is 5.10 Å². The van der Waals surface area contributed by atoms with Crippen molar-refractivity contribution in [3.05, 3.63) is 53.2 Å². The zero-order valence-electron chi connectivity index (χ0n) is 10.3. The van der Waals surface area contributed by atoms with Gasteiger partial charge in [-0.2, -0.15) is 5.10 Å². The van der Waals surface area contributed by atoms with Crippen molar-refractivity contribution in [3.8, 4) is 0 Å². The molecule has 2 rings (SSSR count). The van der Waals surface area contributed by atoms with E-state index < -0.39 is 0 Å². The summed E-state index contributed by atoms with van der Waals surface area (Å²) in [6.45, 7) is 3.68. The van der Waals surface area contributed by atoms with Crippen LogP contribution >= 0.6 is 11.8 Å². The Labute approximate surface area is 116 Å². The second-order valence-electron chi connectivity index (χ2n) is 3.89. The summed E-state index contributed by atoms with van der Waals surface area (Å²) in [7, 11) is 0. The van der Waals surface area contributed by atoms with Crippen LogP contribution in [-0.2, 0) is 6.61 Å². The van der Waals surface area contributed by atoms with Crippen molar-refractivity contribution >= 4 is 29.6 Å². The minimum absolute atomic E-state index is 0.00272. The first kappa shape index (κ1) is 13.5. The van der Waals surface area contributed by atoms with E-state index in [0.717, 1.165) is 21.7 Å². The second-order valence-corrected chi connectivity index (χ2v) is 4.90. The van der Waals surface area contributed by atoms with Crippen LogP contribution in [0.2, 0.25) is 0 Å². The number of thioether (sulfide) groups is 1. The molecule has 4 N–H and O–H groups in total. The van der Waals surface area contributed by atoms with E-state index in [4.69, 9.17) is 10.8 Å². The van der Waals surface area contributed by atoms with Gasteiger partial charge in [-0.1, -0.05) is 30.5 Å². The molecule has 5 heteroatoms. The minimum atomic E-state index is 0.00272. The number of nitrogens with two attached hydrogens (primary N) is 1. The Bertz CT molecular complexity index is 604. The van der Waals surface area contributed by atoms with Crippen LogP contribution in [0.5, 0.6) is 0 Å². The van der Waals surface area contributed by atoms with E-state index in [2.05, 4.69) is 16.8 Å². The van der Waals surface area contributed by atoms with E-state index in [9.17, 15) is 0 Å². The van der Waals surface area contributed by atoms with Crippen molar-refractivity contribution in [2.24, 2.45) is 0 Å². The molecule has 98 valence electrons. The molecule has 0 amide bonds. The molecule has 1 heterocycles. The first-order valence-corrected chi connectivity index (χ1v) is 6.61. The number of aromatic nitrogens is 2. The minimum Gasteiger partial charge on any atom is -0.398 e. The number of hydrogen-bond donors (Lipinski definition) is 3. The van der Waals surface area contributed by atoms with E-state index in [-0.39, 0.29) is 6.61 Å². The maximum absolute atomic E-state index is 9.12. The normalized spacial score (nSPS) is 11.0. The van der Waals surface area contributed by atoms with Gasteiger partial charge in [-0.25, -0.2) is 0 Å². The first-order chi connectivity index (χ1) is 9.24. The number of anilines is 1. The highest BCUT2D eigenvalue weighted by Gasteiger charge is 2.02. The molecule has 0 saturated carbocycles. The molecule has 0 aliphatic carbocycles. The van der Waals surface area contributed by atoms with Gasteiger partial charge in [0.05, 0.1) is 23.4 Å². The highest BCUT2D eigenvalue weighted by molar-refractivity contribution is 8.02. The van der Waals surface area contributed by atoms with E-state index in [1.165, 1.54) is 11.8 Å². The van der Waals surface area contributed by atoms with Crippen LogP contribution in [0.1, 0.15) is 16.8 Å². The number of rotatable bonds is 5. The Kier molecular flexibility index (Phi) is 4.43. The summed E-state index contributed by atoms with van der Waals surface area (Å²) in [6.07, 6.45) is 5.56. The standard InChI is InChI=1S/C14H15N3OS/c1-2-19-14-8-16-17-13(14)6-4-11-7-10(9-18)3-5-12(11)15/h2-8,18H,1,9,15H2,(H,16,17)/b6-4+. The predicted octanol–water partition coefficient (Wildman–Crippen LogP) is 2.89. The molecule has 1 aromatic heterocycles. The lowest BCUT2D eigenvalue weighted by Gasteiger charge is -2.03. The van der Waals surface area contributed by atoms with Crippen LogP contribution in [0.15, 0.2) is 41.3 Å². The van der Waals surface area contributed by atoms with Crippen molar-refractivity contribution in [2.75, 3.05) is 5.73 Å². The molecule has 0 saturated heterocycles. The molecule has 2 aromatic rings. The number of nitrogens with zero attached hydrogens (tertiary/aromatic N) is 1. The summed E-state index contributed by atoms with van der Waals surface area (Å²) in [4.78, 5) is 1.00. The van der Waals surface area contributed by atoms with Crippen LogP contribution < -0.4 is 5.73 Å². The first-order valence-electron chi connectivity index (χ1n) is 5.73. The summed E-state index contributed by atoms with van der Waals surface area (Å²) >= 11 is 1.50. The van der Waals surface area contributed by atoms with E-state index in [0.29, 0.717) is 5.69 Å². The maximum atomic E-state index is 9.12. The van der Waals surface area contributed by atoms with Crippen molar-refractivity contribution in [2.45, 2.75) is 11.5 Å². The Balaban J connectivity index is 2.26. The molecule has 0 bridgehead atoms. The monoisotopic (exact) mass is 273 g/mol. The lowest BCUT2D eigenvalue weighted by Crippen LogP contribution is -1.92. The average Bonchev–Trinajstić information content (AvgIpc) is 2.86. The fourth-order valence-corrected chi connectivity index (χ4v) is 2.16. The third-order valence-corrected chi connectivity index (χ3v) is 3.35. The van der Waals surface area contributed by atoms with Crippen LogP contribution in [0.4, 0.5) is 5.69 Å². The van der Waals surface area contributed by atoms with E-state index in [1.54, 1.807) is 17.7 Å². The Morgan fingerprint density at radius 2 is 2.26 bits per heavy atom. The Morgan fingerprint density at radius 1 is 1.42 bits per heavy atom. The smallest absolute Gasteiger partial charge is 0.0717 e. The molecule has 19 heavy (non-hydrogen) atoms. The Morgan fingerprint density at radius 3 is 3.00 bits per heavy atom. The largest absolute Gasteiger partial charge is 0.398 e. The highest BCUT2D eigenvalue weighted by Crippen LogP contribution is 2.24. The molecule has 0 aliphatic rings. The van der Waals surface area contributed by atoms with E-state index in [1.807, 2.05) is 24.3 Å². The lowest BCUT2D eigenvalue weighted by atomic mass is 10.1. The summed E-state index contributed by atoms with van der Waals surface area (Å²) in [5.41, 5.74) is 9.18. The summed E-state index contributed by atoms with van der Waals surface area (Å²) < 4.78 is 0. The van der Waals surface area contributed by atoms with E-state index >= 15 is 0 Å². The van der Waals surface area contributed by atoms with Crippen LogP contribution in [0.25, 0.3) is 12.2 Å². The maximum Gasteiger partial charge on any atom is 0.0717 e. The van der Waals surface area contributed by atoms with Crippen LogP contribution in [-0.4, -0.2) is 15.3 Å². The highest BCUT2D eigenvalue weighted by atomic mass is 32.2. The number of H-pyrrole nitrogens is 1. The summed E-state index contributed by atoms with van der Waals surface area (Å²) in [5.74, 6) is 0. The van der Waals surface area contributed by atoms with Crippen LogP contribution in [0.3, 0.4) is 0 Å². The fraction of sp³-hybridized carbons (Fsp3) is 0.0714. The Hall–Kier alpha value is -1.98. The van der Waals surface area contributed by atoms with Gasteiger partial charge >= 0.3 is 0 Å². The summed E-state index contributed by atoms with van der Waals surface area (Å²) in [5, 5.41) is 17.8. The number of hydrogen-bond acceptors (Lipinski definition) is 4. The van der Waals surface area contributed by atoms with Crippen molar-refractivity contribution in [3.63, 3.8) is 0 Å². The molecular weight excluding hydrogens is 258 g/mol. The quantitative estimate of drug-likeness (QED) is 0.578.